The van der Waals surface area contributed by atoms with Gasteiger partial charge in [0.1, 0.15) is 0 Å². The molecule has 1 nitrogen and oxygen atoms in total. The molecule has 0 aromatic heterocycles. The molecule has 0 heterocycles. The molecule has 0 amide bonds. The van der Waals surface area contributed by atoms with E-state index in [1.807, 2.05) is 0 Å². The fourth-order valence-corrected chi connectivity index (χ4v) is 0.749. The predicted molar refractivity (Wildman–Crippen MR) is 33.7 cm³/mol. The minimum absolute atomic E-state index is 1.24. The van der Waals surface area contributed by atoms with E-state index < -0.39 is 0 Å². The van der Waals surface area contributed by atoms with Crippen LogP contribution in [0.4, 0.5) is 0 Å². The Balaban J connectivity index is 2.68. The van der Waals surface area contributed by atoms with E-state index in [1.165, 1.54) is 17.4 Å². The number of hydrogen-bond donors (Lipinski definition) is 0. The summed E-state index contributed by atoms with van der Waals surface area (Å²) in [6.45, 7) is 1.24. The molecule has 0 saturated heterocycles. The Morgan fingerprint density at radius 1 is 1.43 bits per heavy atom. The molecule has 0 N–H and O–H groups in total. The minimum atomic E-state index is 1.24. The van der Waals surface area contributed by atoms with Gasteiger partial charge in [0.05, 0.1) is 0 Å². The van der Waals surface area contributed by atoms with Gasteiger partial charge in [0.15, 0.2) is 0 Å². The maximum absolute atomic E-state index is 2.21. The molecule has 0 saturated carbocycles. The van der Waals surface area contributed by atoms with Crippen LogP contribution < -0.4 is 0 Å². The van der Waals surface area contributed by atoms with Crippen molar-refractivity contribution in [1.29, 1.82) is 0 Å². The fraction of sp³-hybridized carbons (Fsp3) is 1.00. The van der Waals surface area contributed by atoms with Crippen LogP contribution in [0.25, 0.3) is 0 Å². The summed E-state index contributed by atoms with van der Waals surface area (Å²) in [5, 5.41) is 0. The van der Waals surface area contributed by atoms with Gasteiger partial charge in [0.25, 0.3) is 0 Å². The van der Waals surface area contributed by atoms with Gasteiger partial charge in [-0.05, 0) is 0 Å². The molecular weight excluding hydrogens is 202 g/mol. The van der Waals surface area contributed by atoms with Crippen LogP contribution in [-0.2, 0) is 0 Å². The van der Waals surface area contributed by atoms with Crippen LogP contribution in [0, 0.1) is 0 Å². The second kappa shape index (κ2) is 4.90. The van der Waals surface area contributed by atoms with Crippen molar-refractivity contribution < 1.29 is 0 Å². The first-order chi connectivity index (χ1) is 3.27. The van der Waals surface area contributed by atoms with Gasteiger partial charge >= 0.3 is 58.7 Å². The van der Waals surface area contributed by atoms with E-state index in [-0.39, 0.29) is 0 Å². The molecule has 0 unspecified atom stereocenters. The third kappa shape index (κ3) is 6.75. The van der Waals surface area contributed by atoms with Gasteiger partial charge in [-0.15, -0.1) is 0 Å². The molecule has 1 radical (unpaired) electrons. The van der Waals surface area contributed by atoms with E-state index in [1.54, 1.807) is 0 Å². The second-order valence-corrected chi connectivity index (χ2v) is 3.03. The normalized spacial score (nSPS) is 10.3. The third-order valence-corrected chi connectivity index (χ3v) is 1.57. The van der Waals surface area contributed by atoms with E-state index in [0.717, 1.165) is 0 Å². The topological polar surface area (TPSA) is 3.24 Å². The van der Waals surface area contributed by atoms with Gasteiger partial charge in [-0.3, -0.25) is 0 Å². The molecule has 0 bridgehead atoms. The molecule has 0 rings (SSSR count). The van der Waals surface area contributed by atoms with Crippen molar-refractivity contribution in [3.63, 3.8) is 0 Å². The van der Waals surface area contributed by atoms with Gasteiger partial charge in [0, 0.05) is 0 Å². The Morgan fingerprint density at radius 3 is 2.14 bits per heavy atom. The van der Waals surface area contributed by atoms with Crippen LogP contribution >= 0.6 is 0 Å². The molecule has 0 atom stereocenters. The summed E-state index contributed by atoms with van der Waals surface area (Å²) in [5.74, 6) is 0. The van der Waals surface area contributed by atoms with Gasteiger partial charge in [0.2, 0.25) is 0 Å². The summed E-state index contributed by atoms with van der Waals surface area (Å²) in [6.07, 6.45) is 1.33. The molecule has 0 aromatic rings. The molecule has 0 spiro atoms. The monoisotopic (exact) mass is 216 g/mol. The van der Waals surface area contributed by atoms with Crippen LogP contribution in [-0.4, -0.2) is 47.8 Å². The summed E-state index contributed by atoms with van der Waals surface area (Å²) in [5.41, 5.74) is 0. The molecule has 2 heteroatoms. The summed E-state index contributed by atoms with van der Waals surface area (Å²) in [6, 6.07) is 0. The van der Waals surface area contributed by atoms with Gasteiger partial charge < -0.3 is 0 Å². The Kier molecular flexibility index (Phi) is 5.42. The van der Waals surface area contributed by atoms with Crippen LogP contribution in [0.5, 0.6) is 0 Å². The molecule has 7 heavy (non-hydrogen) atoms. The van der Waals surface area contributed by atoms with Crippen molar-refractivity contribution in [2.75, 3.05) is 20.6 Å². The van der Waals surface area contributed by atoms with E-state index >= 15 is 0 Å². The SMILES string of the molecule is CN(C)CCC[Te]. The zero-order chi connectivity index (χ0) is 5.70. The Bertz CT molecular complexity index is 37.1. The Hall–Kier alpha value is 0.750. The summed E-state index contributed by atoms with van der Waals surface area (Å²) in [7, 11) is 4.22. The average Bonchev–Trinajstić information content (AvgIpc) is 1.61. The van der Waals surface area contributed by atoms with Crippen LogP contribution in [0.2, 0.25) is 4.47 Å². The van der Waals surface area contributed by atoms with Crippen molar-refractivity contribution in [1.82, 2.24) is 4.90 Å². The zero-order valence-electron chi connectivity index (χ0n) is 4.98. The number of hydrogen-bond acceptors (Lipinski definition) is 1. The summed E-state index contributed by atoms with van der Waals surface area (Å²) < 4.78 is 1.31. The van der Waals surface area contributed by atoms with Crippen molar-refractivity contribution in [3.05, 3.63) is 0 Å². The first-order valence-electron chi connectivity index (χ1n) is 2.50. The predicted octanol–water partition coefficient (Wildman–Crippen LogP) is 0.525. The Morgan fingerprint density at radius 2 is 2.00 bits per heavy atom. The molecule has 0 aromatic carbocycles. The van der Waals surface area contributed by atoms with Gasteiger partial charge in [-0.25, -0.2) is 0 Å². The van der Waals surface area contributed by atoms with Crippen molar-refractivity contribution in [3.8, 4) is 0 Å². The van der Waals surface area contributed by atoms with E-state index in [9.17, 15) is 0 Å². The second-order valence-electron chi connectivity index (χ2n) is 1.86. The molecular formula is C5H12NTe. The average molecular weight is 214 g/mol. The van der Waals surface area contributed by atoms with Crippen molar-refractivity contribution >= 4 is 22.3 Å². The summed E-state index contributed by atoms with van der Waals surface area (Å²) >= 11 is 2.15. The van der Waals surface area contributed by atoms with Gasteiger partial charge in [-0.2, -0.15) is 0 Å². The van der Waals surface area contributed by atoms with Crippen LogP contribution in [0.1, 0.15) is 6.42 Å². The standard InChI is InChI=1S/C5H12NTe/c1-6(2)4-3-5-7/h3-5H2,1-2H3. The van der Waals surface area contributed by atoms with Gasteiger partial charge in [-0.1, -0.05) is 0 Å². The number of rotatable bonds is 3. The van der Waals surface area contributed by atoms with E-state index in [0.29, 0.717) is 0 Å². The van der Waals surface area contributed by atoms with Crippen molar-refractivity contribution in [2.24, 2.45) is 0 Å². The molecule has 0 aliphatic rings. The fourth-order valence-electron chi connectivity index (χ4n) is 0.381. The molecule has 0 fully saturated rings. The van der Waals surface area contributed by atoms with Crippen molar-refractivity contribution in [2.45, 2.75) is 10.9 Å². The van der Waals surface area contributed by atoms with Crippen LogP contribution in [0.3, 0.4) is 0 Å². The quantitative estimate of drug-likeness (QED) is 0.619. The van der Waals surface area contributed by atoms with E-state index in [2.05, 4.69) is 41.3 Å². The third-order valence-electron chi connectivity index (χ3n) is 0.750. The molecule has 0 aliphatic carbocycles. The first kappa shape index (κ1) is 7.75. The zero-order valence-corrected chi connectivity index (χ0v) is 7.31. The summed E-state index contributed by atoms with van der Waals surface area (Å²) in [4.78, 5) is 2.21. The molecule has 0 aliphatic heterocycles. The van der Waals surface area contributed by atoms with E-state index in [4.69, 9.17) is 0 Å². The van der Waals surface area contributed by atoms with Crippen LogP contribution in [0.15, 0.2) is 0 Å². The molecule has 43 valence electrons. The first-order valence-corrected chi connectivity index (χ1v) is 4.15. The number of nitrogens with zero attached hydrogens (tertiary/aromatic N) is 1. The maximum atomic E-state index is 2.21. The Labute approximate surface area is 59.0 Å².